The highest BCUT2D eigenvalue weighted by Gasteiger charge is 2.33. The Balaban J connectivity index is 1.90. The van der Waals surface area contributed by atoms with Gasteiger partial charge in [0.05, 0.1) is 19.3 Å². The average molecular weight is 199 g/mol. The molecule has 0 aromatic heterocycles. The summed E-state index contributed by atoms with van der Waals surface area (Å²) in [7, 11) is 0. The Bertz CT molecular complexity index is 188. The average Bonchev–Trinajstić information content (AvgIpc) is 2.50. The molecule has 3 atom stereocenters. The zero-order valence-electron chi connectivity index (χ0n) is 9.15. The zero-order valence-corrected chi connectivity index (χ0v) is 9.15. The summed E-state index contributed by atoms with van der Waals surface area (Å²) in [4.78, 5) is 5.48. The van der Waals surface area contributed by atoms with Crippen molar-refractivity contribution in [3.8, 4) is 0 Å². The maximum atomic E-state index is 9.40. The van der Waals surface area contributed by atoms with Crippen LogP contribution >= 0.6 is 0 Å². The van der Waals surface area contributed by atoms with Crippen LogP contribution in [0.3, 0.4) is 0 Å². The summed E-state index contributed by atoms with van der Waals surface area (Å²) < 4.78 is 0. The summed E-state index contributed by atoms with van der Waals surface area (Å²) in [5, 5.41) is 11.4. The van der Waals surface area contributed by atoms with Gasteiger partial charge in [0.1, 0.15) is 0 Å². The maximum absolute atomic E-state index is 9.40. The molecule has 1 aliphatic carbocycles. The highest BCUT2D eigenvalue weighted by atomic mass is 16.7. The highest BCUT2D eigenvalue weighted by Crippen LogP contribution is 2.32. The molecular formula is C11H21NO2. The van der Waals surface area contributed by atoms with Crippen molar-refractivity contribution in [3.05, 3.63) is 0 Å². The Kier molecular flexibility index (Phi) is 3.10. The van der Waals surface area contributed by atoms with Crippen LogP contribution in [0.4, 0.5) is 0 Å². The molecule has 14 heavy (non-hydrogen) atoms. The third-order valence-electron chi connectivity index (χ3n) is 3.38. The minimum atomic E-state index is -0.275. The molecule has 2 fully saturated rings. The minimum absolute atomic E-state index is 0.275. The lowest BCUT2D eigenvalue weighted by Gasteiger charge is -2.35. The largest absolute Gasteiger partial charge is 0.389 e. The Labute approximate surface area is 86.0 Å². The van der Waals surface area contributed by atoms with Crippen LogP contribution in [0.2, 0.25) is 0 Å². The second-order valence-corrected chi connectivity index (χ2v) is 5.12. The van der Waals surface area contributed by atoms with Gasteiger partial charge in [0, 0.05) is 6.04 Å². The molecule has 0 radical (unpaired) electrons. The molecule has 82 valence electrons. The number of β-amino-alcohol motifs (C(OH)–C–C–N with tert-alkyl or cyclic N) is 1. The van der Waals surface area contributed by atoms with Crippen molar-refractivity contribution in [3.63, 3.8) is 0 Å². The van der Waals surface area contributed by atoms with E-state index >= 15 is 0 Å². The lowest BCUT2D eigenvalue weighted by atomic mass is 9.80. The summed E-state index contributed by atoms with van der Waals surface area (Å²) in [5.74, 6) is 1.59. The Hall–Kier alpha value is -0.120. The molecule has 1 heterocycles. The standard InChI is InChI=1S/C11H21NO2/c1-8-3-9(2)5-10(4-8)12-6-11(13)7-14-12/h8-11,13H,3-7H2,1-2H3. The van der Waals surface area contributed by atoms with Crippen molar-refractivity contribution in [1.82, 2.24) is 5.06 Å². The monoisotopic (exact) mass is 199 g/mol. The molecule has 0 aromatic carbocycles. The van der Waals surface area contributed by atoms with E-state index < -0.39 is 0 Å². The SMILES string of the molecule is CC1CC(C)CC(N2CC(O)CO2)C1. The molecule has 1 aliphatic heterocycles. The van der Waals surface area contributed by atoms with Crippen LogP contribution in [0.5, 0.6) is 0 Å². The van der Waals surface area contributed by atoms with Crippen LogP contribution in [0, 0.1) is 11.8 Å². The van der Waals surface area contributed by atoms with E-state index in [1.165, 1.54) is 19.3 Å². The predicted molar refractivity (Wildman–Crippen MR) is 54.6 cm³/mol. The molecule has 1 saturated heterocycles. The summed E-state index contributed by atoms with van der Waals surface area (Å²) in [6.07, 6.45) is 3.50. The normalized spacial score (nSPS) is 45.6. The van der Waals surface area contributed by atoms with Crippen LogP contribution in [-0.2, 0) is 4.84 Å². The first-order valence-electron chi connectivity index (χ1n) is 5.72. The van der Waals surface area contributed by atoms with Gasteiger partial charge in [0.2, 0.25) is 0 Å². The van der Waals surface area contributed by atoms with E-state index in [2.05, 4.69) is 13.8 Å². The summed E-state index contributed by atoms with van der Waals surface area (Å²) in [6.45, 7) is 5.81. The van der Waals surface area contributed by atoms with Crippen LogP contribution in [0.15, 0.2) is 0 Å². The van der Waals surface area contributed by atoms with Crippen molar-refractivity contribution >= 4 is 0 Å². The van der Waals surface area contributed by atoms with Crippen molar-refractivity contribution < 1.29 is 9.94 Å². The van der Waals surface area contributed by atoms with Gasteiger partial charge in [-0.15, -0.1) is 0 Å². The van der Waals surface area contributed by atoms with Crippen molar-refractivity contribution in [1.29, 1.82) is 0 Å². The molecule has 1 saturated carbocycles. The number of aliphatic hydroxyl groups excluding tert-OH is 1. The Morgan fingerprint density at radius 2 is 1.79 bits per heavy atom. The first-order chi connectivity index (χ1) is 6.65. The molecule has 0 aromatic rings. The van der Waals surface area contributed by atoms with Gasteiger partial charge in [-0.25, -0.2) is 0 Å². The number of nitrogens with zero attached hydrogens (tertiary/aromatic N) is 1. The Morgan fingerprint density at radius 3 is 2.29 bits per heavy atom. The number of rotatable bonds is 1. The highest BCUT2D eigenvalue weighted by molar-refractivity contribution is 4.81. The van der Waals surface area contributed by atoms with E-state index in [1.54, 1.807) is 0 Å². The van der Waals surface area contributed by atoms with E-state index in [-0.39, 0.29) is 6.10 Å². The molecule has 3 unspecified atom stereocenters. The van der Waals surface area contributed by atoms with Crippen LogP contribution in [0.1, 0.15) is 33.1 Å². The summed E-state index contributed by atoms with van der Waals surface area (Å²) in [5.41, 5.74) is 0. The topological polar surface area (TPSA) is 32.7 Å². The first kappa shape index (κ1) is 10.4. The maximum Gasteiger partial charge on any atom is 0.0958 e. The fourth-order valence-corrected chi connectivity index (χ4v) is 2.89. The summed E-state index contributed by atoms with van der Waals surface area (Å²) in [6, 6.07) is 0.533. The van der Waals surface area contributed by atoms with E-state index in [0.717, 1.165) is 11.8 Å². The predicted octanol–water partition coefficient (Wildman–Crippen LogP) is 1.42. The number of aliphatic hydroxyl groups is 1. The van der Waals surface area contributed by atoms with Gasteiger partial charge < -0.3 is 5.11 Å². The van der Waals surface area contributed by atoms with Gasteiger partial charge in [0.25, 0.3) is 0 Å². The van der Waals surface area contributed by atoms with Gasteiger partial charge in [-0.1, -0.05) is 13.8 Å². The number of hydroxylamine groups is 2. The van der Waals surface area contributed by atoms with Crippen LogP contribution in [-0.4, -0.2) is 35.5 Å². The van der Waals surface area contributed by atoms with Gasteiger partial charge in [0.15, 0.2) is 0 Å². The second kappa shape index (κ2) is 4.17. The van der Waals surface area contributed by atoms with Crippen LogP contribution < -0.4 is 0 Å². The van der Waals surface area contributed by atoms with Gasteiger partial charge >= 0.3 is 0 Å². The molecular weight excluding hydrogens is 178 g/mol. The fraction of sp³-hybridized carbons (Fsp3) is 1.00. The van der Waals surface area contributed by atoms with E-state index in [4.69, 9.17) is 4.84 Å². The minimum Gasteiger partial charge on any atom is -0.389 e. The van der Waals surface area contributed by atoms with Crippen molar-refractivity contribution in [2.45, 2.75) is 45.3 Å². The zero-order chi connectivity index (χ0) is 10.1. The number of hydrogen-bond acceptors (Lipinski definition) is 3. The van der Waals surface area contributed by atoms with Crippen molar-refractivity contribution in [2.75, 3.05) is 13.2 Å². The third-order valence-corrected chi connectivity index (χ3v) is 3.38. The van der Waals surface area contributed by atoms with Gasteiger partial charge in [-0.3, -0.25) is 4.84 Å². The first-order valence-corrected chi connectivity index (χ1v) is 5.72. The molecule has 2 aliphatic rings. The quantitative estimate of drug-likeness (QED) is 0.693. The second-order valence-electron chi connectivity index (χ2n) is 5.12. The third kappa shape index (κ3) is 2.27. The lowest BCUT2D eigenvalue weighted by molar-refractivity contribution is -0.155. The molecule has 0 spiro atoms. The molecule has 0 amide bonds. The molecule has 0 bridgehead atoms. The van der Waals surface area contributed by atoms with E-state index in [9.17, 15) is 5.11 Å². The van der Waals surface area contributed by atoms with Gasteiger partial charge in [-0.2, -0.15) is 5.06 Å². The molecule has 2 rings (SSSR count). The smallest absolute Gasteiger partial charge is 0.0958 e. The molecule has 1 N–H and O–H groups in total. The number of hydrogen-bond donors (Lipinski definition) is 1. The summed E-state index contributed by atoms with van der Waals surface area (Å²) >= 11 is 0. The van der Waals surface area contributed by atoms with E-state index in [0.29, 0.717) is 19.2 Å². The molecule has 3 nitrogen and oxygen atoms in total. The van der Waals surface area contributed by atoms with E-state index in [1.807, 2.05) is 5.06 Å². The fourth-order valence-electron chi connectivity index (χ4n) is 2.89. The van der Waals surface area contributed by atoms with Gasteiger partial charge in [-0.05, 0) is 31.1 Å². The Morgan fingerprint density at radius 1 is 1.14 bits per heavy atom. The van der Waals surface area contributed by atoms with Crippen molar-refractivity contribution in [2.24, 2.45) is 11.8 Å². The lowest BCUT2D eigenvalue weighted by Crippen LogP contribution is -2.38. The molecule has 3 heteroatoms. The van der Waals surface area contributed by atoms with Crippen LogP contribution in [0.25, 0.3) is 0 Å².